The third-order valence-corrected chi connectivity index (χ3v) is 7.69. The number of Topliss-reactive ketones (excluding diaryl/α,β-unsaturated/α-hetero) is 1. The molecule has 0 heterocycles. The lowest BCUT2D eigenvalue weighted by Crippen LogP contribution is -2.51. The van der Waals surface area contributed by atoms with Gasteiger partial charge in [0.15, 0.2) is 0 Å². The SMILES string of the molecule is C[C@@H]1CC[C@H]2[C@@H](CC[C@H]3CC(=O)CC[C@@]32C)[C@@H]1CC[C@@H](C)O. The Morgan fingerprint density at radius 3 is 2.77 bits per heavy atom. The molecule has 0 radical (unpaired) electrons. The molecule has 3 saturated carbocycles. The van der Waals surface area contributed by atoms with Crippen LogP contribution in [0.15, 0.2) is 0 Å². The molecule has 2 nitrogen and oxygen atoms in total. The van der Waals surface area contributed by atoms with Crippen molar-refractivity contribution in [2.75, 3.05) is 0 Å². The summed E-state index contributed by atoms with van der Waals surface area (Å²) in [6.07, 6.45) is 10.1. The molecule has 0 unspecified atom stereocenters. The molecule has 0 aromatic heterocycles. The van der Waals surface area contributed by atoms with Crippen LogP contribution in [-0.4, -0.2) is 17.0 Å². The Labute approximate surface area is 136 Å². The van der Waals surface area contributed by atoms with Crippen molar-refractivity contribution in [3.63, 3.8) is 0 Å². The summed E-state index contributed by atoms with van der Waals surface area (Å²) in [7, 11) is 0. The molecule has 3 aliphatic rings. The molecule has 2 heteroatoms. The molecule has 0 aromatic carbocycles. The van der Waals surface area contributed by atoms with Gasteiger partial charge in [-0.1, -0.05) is 20.3 Å². The van der Waals surface area contributed by atoms with E-state index in [9.17, 15) is 9.90 Å². The Morgan fingerprint density at radius 2 is 2.05 bits per heavy atom. The first-order valence-corrected chi connectivity index (χ1v) is 9.61. The van der Waals surface area contributed by atoms with E-state index in [-0.39, 0.29) is 6.10 Å². The van der Waals surface area contributed by atoms with Crippen molar-refractivity contribution in [2.45, 2.75) is 84.7 Å². The van der Waals surface area contributed by atoms with Gasteiger partial charge in [0.2, 0.25) is 0 Å². The molecule has 0 bridgehead atoms. The minimum absolute atomic E-state index is 0.160. The maximum Gasteiger partial charge on any atom is 0.133 e. The fourth-order valence-electron chi connectivity index (χ4n) is 6.29. The third kappa shape index (κ3) is 2.88. The molecular formula is C20H34O2. The van der Waals surface area contributed by atoms with Crippen LogP contribution < -0.4 is 0 Å². The first-order valence-electron chi connectivity index (χ1n) is 9.61. The highest BCUT2D eigenvalue weighted by Crippen LogP contribution is 2.60. The van der Waals surface area contributed by atoms with E-state index in [2.05, 4.69) is 13.8 Å². The van der Waals surface area contributed by atoms with Crippen LogP contribution in [0.1, 0.15) is 78.6 Å². The molecule has 0 spiro atoms. The van der Waals surface area contributed by atoms with Crippen LogP contribution in [0.5, 0.6) is 0 Å². The fourth-order valence-corrected chi connectivity index (χ4v) is 6.29. The van der Waals surface area contributed by atoms with Gasteiger partial charge in [0, 0.05) is 12.8 Å². The smallest absolute Gasteiger partial charge is 0.133 e. The summed E-state index contributed by atoms with van der Waals surface area (Å²) >= 11 is 0. The van der Waals surface area contributed by atoms with Crippen molar-refractivity contribution in [2.24, 2.45) is 35.0 Å². The number of ketones is 1. The van der Waals surface area contributed by atoms with Crippen LogP contribution in [0.2, 0.25) is 0 Å². The van der Waals surface area contributed by atoms with Gasteiger partial charge in [-0.25, -0.2) is 0 Å². The lowest BCUT2D eigenvalue weighted by molar-refractivity contribution is -0.135. The van der Waals surface area contributed by atoms with Gasteiger partial charge in [-0.2, -0.15) is 0 Å². The summed E-state index contributed by atoms with van der Waals surface area (Å²) in [5.74, 6) is 4.44. The van der Waals surface area contributed by atoms with Gasteiger partial charge >= 0.3 is 0 Å². The standard InChI is InChI=1S/C20H34O2/c1-13-4-9-19-18(17(13)7-5-14(2)21)8-6-15-12-16(22)10-11-20(15,19)3/h13-15,17-19,21H,4-12H2,1-3H3/t13-,14-,15+,17-,18+,19+,20+/m1/s1. The highest BCUT2D eigenvalue weighted by atomic mass is 16.3. The van der Waals surface area contributed by atoms with E-state index in [0.717, 1.165) is 49.4 Å². The van der Waals surface area contributed by atoms with Crippen molar-refractivity contribution < 1.29 is 9.90 Å². The molecule has 7 atom stereocenters. The minimum atomic E-state index is -0.160. The van der Waals surface area contributed by atoms with Gasteiger partial charge in [-0.15, -0.1) is 0 Å². The molecule has 0 saturated heterocycles. The molecule has 0 aliphatic heterocycles. The molecule has 22 heavy (non-hydrogen) atoms. The molecule has 0 amide bonds. The van der Waals surface area contributed by atoms with Crippen LogP contribution in [0.4, 0.5) is 0 Å². The van der Waals surface area contributed by atoms with Gasteiger partial charge in [0.1, 0.15) is 5.78 Å². The van der Waals surface area contributed by atoms with Gasteiger partial charge < -0.3 is 5.11 Å². The Kier molecular flexibility index (Phi) is 4.69. The normalized spacial score (nSPS) is 46.7. The first-order chi connectivity index (χ1) is 10.4. The van der Waals surface area contributed by atoms with E-state index >= 15 is 0 Å². The van der Waals surface area contributed by atoms with E-state index in [1.54, 1.807) is 0 Å². The van der Waals surface area contributed by atoms with Crippen LogP contribution in [0.25, 0.3) is 0 Å². The zero-order valence-electron chi connectivity index (χ0n) is 14.7. The van der Waals surface area contributed by atoms with Crippen LogP contribution in [0.3, 0.4) is 0 Å². The van der Waals surface area contributed by atoms with E-state index < -0.39 is 0 Å². The lowest BCUT2D eigenvalue weighted by Gasteiger charge is -2.58. The second-order valence-corrected chi connectivity index (χ2v) is 8.94. The molecule has 1 N–H and O–H groups in total. The van der Waals surface area contributed by atoms with Crippen molar-refractivity contribution >= 4 is 5.78 Å². The molecule has 3 aliphatic carbocycles. The summed E-state index contributed by atoms with van der Waals surface area (Å²) in [5.41, 5.74) is 0.417. The maximum absolute atomic E-state index is 11.9. The summed E-state index contributed by atoms with van der Waals surface area (Å²) in [6, 6.07) is 0. The zero-order valence-corrected chi connectivity index (χ0v) is 14.7. The van der Waals surface area contributed by atoms with E-state index in [1.807, 2.05) is 6.92 Å². The number of carbonyl (C=O) groups is 1. The summed E-state index contributed by atoms with van der Waals surface area (Å²) in [6.45, 7) is 6.86. The first kappa shape index (κ1) is 16.5. The van der Waals surface area contributed by atoms with Gasteiger partial charge in [-0.3, -0.25) is 4.79 Å². The number of rotatable bonds is 3. The number of aliphatic hydroxyl groups excluding tert-OH is 1. The van der Waals surface area contributed by atoms with Crippen molar-refractivity contribution in [3.05, 3.63) is 0 Å². The number of hydrogen-bond donors (Lipinski definition) is 1. The maximum atomic E-state index is 11.9. The molecule has 3 fully saturated rings. The quantitative estimate of drug-likeness (QED) is 0.827. The van der Waals surface area contributed by atoms with Gasteiger partial charge in [0.05, 0.1) is 6.10 Å². The van der Waals surface area contributed by atoms with E-state index in [1.165, 1.54) is 32.1 Å². The average molecular weight is 306 g/mol. The highest BCUT2D eigenvalue weighted by Gasteiger charge is 2.53. The molecule has 0 aromatic rings. The summed E-state index contributed by atoms with van der Waals surface area (Å²) in [5, 5.41) is 9.70. The third-order valence-electron chi connectivity index (χ3n) is 7.69. The molecular weight excluding hydrogens is 272 g/mol. The Morgan fingerprint density at radius 1 is 1.27 bits per heavy atom. The number of fused-ring (bicyclic) bond motifs is 3. The average Bonchev–Trinajstić information content (AvgIpc) is 2.46. The second-order valence-electron chi connectivity index (χ2n) is 8.94. The molecule has 3 rings (SSSR count). The monoisotopic (exact) mass is 306 g/mol. The second kappa shape index (κ2) is 6.26. The summed E-state index contributed by atoms with van der Waals surface area (Å²) < 4.78 is 0. The van der Waals surface area contributed by atoms with E-state index in [4.69, 9.17) is 0 Å². The fraction of sp³-hybridized carbons (Fsp3) is 0.950. The van der Waals surface area contributed by atoms with Crippen molar-refractivity contribution in [3.8, 4) is 0 Å². The predicted octanol–water partition coefficient (Wildman–Crippen LogP) is 4.60. The Bertz CT molecular complexity index is 416. The topological polar surface area (TPSA) is 37.3 Å². The Balaban J connectivity index is 1.77. The predicted molar refractivity (Wildman–Crippen MR) is 89.5 cm³/mol. The number of hydrogen-bond acceptors (Lipinski definition) is 2. The molecule has 126 valence electrons. The van der Waals surface area contributed by atoms with Crippen LogP contribution in [-0.2, 0) is 4.79 Å². The number of carbonyl (C=O) groups excluding carboxylic acids is 1. The number of aliphatic hydroxyl groups is 1. The van der Waals surface area contributed by atoms with Crippen molar-refractivity contribution in [1.82, 2.24) is 0 Å². The van der Waals surface area contributed by atoms with Crippen LogP contribution in [0, 0.1) is 35.0 Å². The van der Waals surface area contributed by atoms with Crippen molar-refractivity contribution in [1.29, 1.82) is 0 Å². The highest BCUT2D eigenvalue weighted by molar-refractivity contribution is 5.79. The minimum Gasteiger partial charge on any atom is -0.393 e. The summed E-state index contributed by atoms with van der Waals surface area (Å²) in [4.78, 5) is 11.9. The van der Waals surface area contributed by atoms with Gasteiger partial charge in [-0.05, 0) is 80.5 Å². The Hall–Kier alpha value is -0.370. The van der Waals surface area contributed by atoms with E-state index in [0.29, 0.717) is 17.1 Å². The lowest BCUT2D eigenvalue weighted by atomic mass is 9.47. The van der Waals surface area contributed by atoms with Crippen LogP contribution >= 0.6 is 0 Å². The zero-order chi connectivity index (χ0) is 15.9. The van der Waals surface area contributed by atoms with Gasteiger partial charge in [0.25, 0.3) is 0 Å². The largest absolute Gasteiger partial charge is 0.393 e.